The summed E-state index contributed by atoms with van der Waals surface area (Å²) in [6.07, 6.45) is 5.39. The van der Waals surface area contributed by atoms with Crippen LogP contribution in [0.4, 0.5) is 16.4 Å². The molecule has 4 aromatic rings. The summed E-state index contributed by atoms with van der Waals surface area (Å²) >= 11 is 13.6. The maximum Gasteiger partial charge on any atom is 0.409 e. The first-order valence-corrected chi connectivity index (χ1v) is 18.0. The minimum Gasteiger partial charge on any atom is -0.495 e. The van der Waals surface area contributed by atoms with Crippen LogP contribution >= 0.6 is 23.2 Å². The van der Waals surface area contributed by atoms with E-state index in [1.807, 2.05) is 19.0 Å². The number of pyridine rings is 1. The molecule has 55 heavy (non-hydrogen) atoms. The van der Waals surface area contributed by atoms with Gasteiger partial charge in [-0.15, -0.1) is 0 Å². The number of halogens is 2. The quantitative estimate of drug-likeness (QED) is 0.150. The Kier molecular flexibility index (Phi) is 13.4. The van der Waals surface area contributed by atoms with E-state index in [-0.39, 0.29) is 76.4 Å². The van der Waals surface area contributed by atoms with Crippen LogP contribution in [0.1, 0.15) is 12.5 Å². The molecule has 0 bridgehead atoms. The molecule has 15 nitrogen and oxygen atoms in total. The fourth-order valence-corrected chi connectivity index (χ4v) is 6.68. The van der Waals surface area contributed by atoms with Gasteiger partial charge in [-0.1, -0.05) is 48.0 Å². The Bertz CT molecular complexity index is 2150. The smallest absolute Gasteiger partial charge is 0.409 e. The van der Waals surface area contributed by atoms with Crippen LogP contribution in [-0.2, 0) is 20.9 Å². The summed E-state index contributed by atoms with van der Waals surface area (Å²) in [5.41, 5.74) is 1.41. The first kappa shape index (κ1) is 40.5. The maximum absolute atomic E-state index is 14.6. The normalized spacial score (nSPS) is 15.3. The molecule has 0 saturated carbocycles. The summed E-state index contributed by atoms with van der Waals surface area (Å²) in [6.45, 7) is 6.44. The molecule has 2 aromatic heterocycles. The predicted octanol–water partition coefficient (Wildman–Crippen LogP) is 4.81. The highest BCUT2D eigenvalue weighted by atomic mass is 35.5. The first-order chi connectivity index (χ1) is 26.4. The lowest BCUT2D eigenvalue weighted by atomic mass is 10.0. The van der Waals surface area contributed by atoms with Crippen molar-refractivity contribution < 1.29 is 28.6 Å². The Morgan fingerprint density at radius 1 is 1.02 bits per heavy atom. The van der Waals surface area contributed by atoms with E-state index in [4.69, 9.17) is 42.4 Å². The van der Waals surface area contributed by atoms with Gasteiger partial charge in [0.25, 0.3) is 5.56 Å². The Labute approximate surface area is 327 Å². The van der Waals surface area contributed by atoms with Gasteiger partial charge < -0.3 is 40.0 Å². The largest absolute Gasteiger partial charge is 0.495 e. The van der Waals surface area contributed by atoms with E-state index in [0.717, 1.165) is 6.08 Å². The van der Waals surface area contributed by atoms with Crippen LogP contribution in [0.25, 0.3) is 22.2 Å². The van der Waals surface area contributed by atoms with Crippen LogP contribution in [0, 0.1) is 0 Å². The summed E-state index contributed by atoms with van der Waals surface area (Å²) in [5, 5.41) is 9.59. The number of methoxy groups -OCH3 is 2. The lowest BCUT2D eigenvalue weighted by Gasteiger charge is -2.21. The van der Waals surface area contributed by atoms with Gasteiger partial charge in [0.2, 0.25) is 17.8 Å². The third kappa shape index (κ3) is 9.54. The predicted molar refractivity (Wildman–Crippen MR) is 212 cm³/mol. The number of nitrogens with one attached hydrogen (secondary N) is 3. The minimum absolute atomic E-state index is 0.0466. The van der Waals surface area contributed by atoms with E-state index in [9.17, 15) is 19.2 Å². The lowest BCUT2D eigenvalue weighted by Crippen LogP contribution is -2.45. The highest BCUT2D eigenvalue weighted by Gasteiger charge is 2.37. The Morgan fingerprint density at radius 2 is 1.69 bits per heavy atom. The van der Waals surface area contributed by atoms with Crippen LogP contribution in [0.15, 0.2) is 72.2 Å². The number of aromatic nitrogens is 3. The van der Waals surface area contributed by atoms with Crippen molar-refractivity contribution in [3.05, 3.63) is 93.4 Å². The zero-order valence-electron chi connectivity index (χ0n) is 31.0. The third-order valence-electron chi connectivity index (χ3n) is 8.65. The van der Waals surface area contributed by atoms with Crippen LogP contribution in [-0.4, -0.2) is 109 Å². The summed E-state index contributed by atoms with van der Waals surface area (Å²) in [6, 6.07) is 9.12. The molecule has 0 aliphatic carbocycles. The van der Waals surface area contributed by atoms with Crippen LogP contribution in [0.3, 0.4) is 0 Å². The van der Waals surface area contributed by atoms with E-state index in [1.165, 1.54) is 35.8 Å². The van der Waals surface area contributed by atoms with Gasteiger partial charge in [-0.3, -0.25) is 19.0 Å². The Hall–Kier alpha value is -5.64. The van der Waals surface area contributed by atoms with E-state index in [1.54, 1.807) is 49.5 Å². The number of fused-ring (bicyclic) bond motifs is 1. The molecule has 2 unspecified atom stereocenters. The van der Waals surface area contributed by atoms with Crippen molar-refractivity contribution in [1.29, 1.82) is 0 Å². The van der Waals surface area contributed by atoms with Gasteiger partial charge in [0, 0.05) is 54.6 Å². The number of anilines is 2. The first-order valence-electron chi connectivity index (χ1n) is 17.2. The Balaban J connectivity index is 1.57. The molecule has 1 fully saturated rings. The number of ether oxygens (including phenoxy) is 3. The number of nitrogens with zero attached hydrogens (tertiary/aromatic N) is 5. The number of carbonyl (C=O) groups is 3. The van der Waals surface area contributed by atoms with Crippen molar-refractivity contribution in [2.75, 3.05) is 65.2 Å². The van der Waals surface area contributed by atoms with E-state index < -0.39 is 29.6 Å². The number of rotatable bonds is 14. The second-order valence-corrected chi connectivity index (χ2v) is 13.5. The van der Waals surface area contributed by atoms with E-state index >= 15 is 0 Å². The molecular formula is C38H42Cl2N8O7. The second-order valence-electron chi connectivity index (χ2n) is 12.7. The lowest BCUT2D eigenvalue weighted by molar-refractivity contribution is -0.117. The minimum atomic E-state index is -0.534. The third-order valence-corrected chi connectivity index (χ3v) is 9.40. The molecule has 17 heteroatoms. The second kappa shape index (κ2) is 18.1. The Morgan fingerprint density at radius 3 is 2.31 bits per heavy atom. The summed E-state index contributed by atoms with van der Waals surface area (Å²) in [7, 11) is 6.69. The number of hydrogen-bond acceptors (Lipinski definition) is 11. The van der Waals surface area contributed by atoms with Crippen molar-refractivity contribution in [3.63, 3.8) is 0 Å². The SMILES string of the molecule is C=CC(=O)NC1CN(C(=O)OCC)CC1Nc1ncc2cc(-c3c(Cl)c(OC)cc(OC)c3Cl)c(=O)n(Cc3ccc(NC(=O)/C=C/CN(C)C)cc3)c2n1. The van der Waals surface area contributed by atoms with Gasteiger partial charge >= 0.3 is 6.09 Å². The fraction of sp³-hybridized carbons (Fsp3) is 0.316. The van der Waals surface area contributed by atoms with Crippen molar-refractivity contribution >= 4 is 63.8 Å². The highest BCUT2D eigenvalue weighted by Crippen LogP contribution is 2.45. The molecule has 1 saturated heterocycles. The number of hydrogen-bond donors (Lipinski definition) is 3. The van der Waals surface area contributed by atoms with Crippen molar-refractivity contribution in [3.8, 4) is 22.6 Å². The van der Waals surface area contributed by atoms with E-state index in [0.29, 0.717) is 23.2 Å². The zero-order chi connectivity index (χ0) is 39.8. The molecule has 2 aromatic carbocycles. The van der Waals surface area contributed by atoms with Gasteiger partial charge in [-0.05, 0) is 50.9 Å². The molecule has 1 aliphatic rings. The number of carbonyl (C=O) groups excluding carboxylic acids is 3. The van der Waals surface area contributed by atoms with E-state index in [2.05, 4.69) is 27.5 Å². The number of benzene rings is 2. The van der Waals surface area contributed by atoms with Crippen LogP contribution in [0.2, 0.25) is 10.0 Å². The van der Waals surface area contributed by atoms with Gasteiger partial charge in [0.15, 0.2) is 0 Å². The molecule has 3 heterocycles. The topological polar surface area (TPSA) is 169 Å². The van der Waals surface area contributed by atoms with Crippen LogP contribution < -0.4 is 31.0 Å². The fourth-order valence-electron chi connectivity index (χ4n) is 5.97. The number of amides is 3. The molecule has 290 valence electrons. The van der Waals surface area contributed by atoms with Gasteiger partial charge in [-0.2, -0.15) is 4.98 Å². The molecule has 3 N–H and O–H groups in total. The zero-order valence-corrected chi connectivity index (χ0v) is 32.5. The van der Waals surface area contributed by atoms with Crippen molar-refractivity contribution in [2.24, 2.45) is 0 Å². The number of likely N-dealkylation sites (N-methyl/N-ethyl adjacent to an activating group) is 1. The molecular weight excluding hydrogens is 751 g/mol. The average Bonchev–Trinajstić information content (AvgIpc) is 3.55. The van der Waals surface area contributed by atoms with Crippen molar-refractivity contribution in [1.82, 2.24) is 29.7 Å². The summed E-state index contributed by atoms with van der Waals surface area (Å²) < 4.78 is 17.6. The van der Waals surface area contributed by atoms with Gasteiger partial charge in [-0.25, -0.2) is 9.78 Å². The molecule has 3 amide bonds. The number of likely N-dealkylation sites (tertiary alicyclic amines) is 1. The van der Waals surface area contributed by atoms with Crippen LogP contribution in [0.5, 0.6) is 11.5 Å². The molecule has 0 spiro atoms. The monoisotopic (exact) mass is 792 g/mol. The molecule has 2 atom stereocenters. The summed E-state index contributed by atoms with van der Waals surface area (Å²) in [5.74, 6) is -0.0498. The molecule has 1 aliphatic heterocycles. The standard InChI is InChI=1S/C38H42Cl2N8O7/c1-7-30(49)43-26-20-47(38(52)55-8-2)21-27(26)44-37-41-18-23-16-25(32-33(39)28(53-5)17-29(54-6)34(32)40)36(51)48(35(23)45-37)19-22-11-13-24(14-12-22)42-31(50)10-9-15-46(3)4/h7,9-14,16-18,26-27H,1,8,15,19-21H2,2-6H3,(H,42,50)(H,43,49)(H,41,44,45)/b10-9+. The highest BCUT2D eigenvalue weighted by molar-refractivity contribution is 6.41. The van der Waals surface area contributed by atoms with Gasteiger partial charge in [0.05, 0.1) is 55.1 Å². The van der Waals surface area contributed by atoms with Gasteiger partial charge in [0.1, 0.15) is 17.1 Å². The maximum atomic E-state index is 14.6. The summed E-state index contributed by atoms with van der Waals surface area (Å²) in [4.78, 5) is 64.6. The van der Waals surface area contributed by atoms with Crippen molar-refractivity contribution in [2.45, 2.75) is 25.6 Å². The average molecular weight is 794 g/mol. The molecule has 0 radical (unpaired) electrons. The molecule has 5 rings (SSSR count).